The van der Waals surface area contributed by atoms with Crippen LogP contribution in [0.15, 0.2) is 42.0 Å². The number of carbonyl (C=O) groups is 3. The molecule has 1 fully saturated rings. The fraction of sp³-hybridized carbons (Fsp3) is 0.450. The minimum atomic E-state index is -1.01. The summed E-state index contributed by atoms with van der Waals surface area (Å²) in [5, 5.41) is 2.79. The number of carbonyl (C=O) groups excluding carboxylic acids is 3. The van der Waals surface area contributed by atoms with Crippen LogP contribution in [0, 0.1) is 0 Å². The minimum Gasteiger partial charge on any atom is -0.455 e. The molecule has 1 aromatic rings. The molecule has 0 unspecified atom stereocenters. The summed E-state index contributed by atoms with van der Waals surface area (Å²) >= 11 is 0. The Labute approximate surface area is 162 Å². The van der Waals surface area contributed by atoms with Gasteiger partial charge >= 0.3 is 11.9 Å². The third-order valence-electron chi connectivity index (χ3n) is 4.32. The van der Waals surface area contributed by atoms with Crippen molar-refractivity contribution in [2.75, 3.05) is 5.32 Å². The molecule has 28 heavy (non-hydrogen) atoms. The van der Waals surface area contributed by atoms with E-state index in [-0.39, 0.29) is 5.57 Å². The molecule has 0 aromatic heterocycles. The molecule has 150 valence electrons. The maximum atomic E-state index is 12.9. The summed E-state index contributed by atoms with van der Waals surface area (Å²) < 4.78 is 22.5. The number of fused-ring (bicyclic) bond motifs is 1. The lowest BCUT2D eigenvalue weighted by atomic mass is 9.88. The van der Waals surface area contributed by atoms with Gasteiger partial charge in [-0.15, -0.1) is 0 Å². The first-order chi connectivity index (χ1) is 13.2. The van der Waals surface area contributed by atoms with E-state index in [0.717, 1.165) is 0 Å². The van der Waals surface area contributed by atoms with Gasteiger partial charge in [0.15, 0.2) is 18.0 Å². The zero-order chi connectivity index (χ0) is 20.5. The van der Waals surface area contributed by atoms with Crippen molar-refractivity contribution in [2.24, 2.45) is 0 Å². The molecule has 8 nitrogen and oxygen atoms in total. The predicted molar refractivity (Wildman–Crippen MR) is 98.1 cm³/mol. The zero-order valence-corrected chi connectivity index (χ0v) is 16.1. The molecule has 0 spiro atoms. The quantitative estimate of drug-likeness (QED) is 0.786. The highest BCUT2D eigenvalue weighted by atomic mass is 16.8. The Bertz CT molecular complexity index is 802. The van der Waals surface area contributed by atoms with E-state index in [0.29, 0.717) is 5.69 Å². The van der Waals surface area contributed by atoms with Crippen molar-refractivity contribution >= 4 is 23.5 Å². The third kappa shape index (κ3) is 4.40. The maximum absolute atomic E-state index is 12.9. The van der Waals surface area contributed by atoms with Gasteiger partial charge in [0, 0.05) is 25.1 Å². The number of para-hydroxylation sites is 1. The van der Waals surface area contributed by atoms with E-state index in [2.05, 4.69) is 5.32 Å². The molecular weight excluding hydrogens is 366 g/mol. The standard InChI is InChI=1S/C20H23NO7/c1-11(22)25-15-10-14(19(24)21-13-8-6-5-7-9-13)16-18(17(15)26-12(2)23)28-20(3,4)27-16/h5-10,15-18H,1-4H3,(H,21,24)/t15-,16-,17-,18-/m1/s1. The van der Waals surface area contributed by atoms with Gasteiger partial charge in [0.1, 0.15) is 12.2 Å². The Hall–Kier alpha value is -2.71. The van der Waals surface area contributed by atoms with Crippen LogP contribution in [0.2, 0.25) is 0 Å². The Balaban J connectivity index is 1.96. The lowest BCUT2D eigenvalue weighted by Crippen LogP contribution is -2.52. The number of anilines is 1. The third-order valence-corrected chi connectivity index (χ3v) is 4.32. The average Bonchev–Trinajstić information content (AvgIpc) is 2.92. The van der Waals surface area contributed by atoms with Crippen LogP contribution in [0.3, 0.4) is 0 Å². The number of esters is 2. The first-order valence-electron chi connectivity index (χ1n) is 8.94. The topological polar surface area (TPSA) is 100 Å². The summed E-state index contributed by atoms with van der Waals surface area (Å²) in [5.74, 6) is -2.55. The molecule has 3 rings (SSSR count). The van der Waals surface area contributed by atoms with Gasteiger partial charge in [-0.1, -0.05) is 18.2 Å². The molecule has 4 atom stereocenters. The van der Waals surface area contributed by atoms with E-state index in [1.165, 1.54) is 19.9 Å². The molecule has 0 bridgehead atoms. The molecule has 1 aromatic carbocycles. The number of hydrogen-bond donors (Lipinski definition) is 1. The number of nitrogens with one attached hydrogen (secondary N) is 1. The second-order valence-electron chi connectivity index (χ2n) is 7.11. The summed E-state index contributed by atoms with van der Waals surface area (Å²) in [6, 6.07) is 8.93. The van der Waals surface area contributed by atoms with E-state index in [9.17, 15) is 14.4 Å². The summed E-state index contributed by atoms with van der Waals surface area (Å²) in [5.41, 5.74) is 0.850. The molecule has 0 radical (unpaired) electrons. The average molecular weight is 389 g/mol. The molecule has 1 amide bonds. The molecule has 8 heteroatoms. The van der Waals surface area contributed by atoms with Gasteiger partial charge in [-0.3, -0.25) is 14.4 Å². The fourth-order valence-electron chi connectivity index (χ4n) is 3.37. The molecule has 1 aliphatic carbocycles. The SMILES string of the molecule is CC(=O)O[C@H]1[C@@H]2OC(C)(C)O[C@@H]2C(C(=O)Nc2ccccc2)=C[C@H]1OC(C)=O. The summed E-state index contributed by atoms with van der Waals surface area (Å²) in [7, 11) is 0. The van der Waals surface area contributed by atoms with Gasteiger partial charge in [-0.05, 0) is 32.1 Å². The monoisotopic (exact) mass is 389 g/mol. The van der Waals surface area contributed by atoms with E-state index >= 15 is 0 Å². The normalized spacial score (nSPS) is 27.9. The highest BCUT2D eigenvalue weighted by Gasteiger charge is 2.55. The number of benzene rings is 1. The van der Waals surface area contributed by atoms with Crippen LogP contribution >= 0.6 is 0 Å². The first-order valence-corrected chi connectivity index (χ1v) is 8.94. The van der Waals surface area contributed by atoms with Crippen molar-refractivity contribution in [2.45, 2.75) is 57.9 Å². The van der Waals surface area contributed by atoms with Crippen LogP contribution in [0.4, 0.5) is 5.69 Å². The van der Waals surface area contributed by atoms with E-state index in [1.54, 1.807) is 38.1 Å². The predicted octanol–water partition coefficient (Wildman–Crippen LogP) is 1.95. The fourth-order valence-corrected chi connectivity index (χ4v) is 3.37. The molecule has 2 aliphatic rings. The first kappa shape index (κ1) is 20.0. The Morgan fingerprint density at radius 1 is 1.00 bits per heavy atom. The van der Waals surface area contributed by atoms with Gasteiger partial charge in [-0.2, -0.15) is 0 Å². The Kier molecular flexibility index (Phi) is 5.53. The molecule has 1 aliphatic heterocycles. The molecule has 1 saturated heterocycles. The van der Waals surface area contributed by atoms with Crippen molar-refractivity contribution in [1.82, 2.24) is 0 Å². The van der Waals surface area contributed by atoms with Crippen LogP contribution in [-0.2, 0) is 33.3 Å². The summed E-state index contributed by atoms with van der Waals surface area (Å²) in [4.78, 5) is 36.1. The van der Waals surface area contributed by atoms with Crippen molar-refractivity contribution in [1.29, 1.82) is 0 Å². The van der Waals surface area contributed by atoms with E-state index in [4.69, 9.17) is 18.9 Å². The summed E-state index contributed by atoms with van der Waals surface area (Å²) in [6.07, 6.45) is -2.03. The lowest BCUT2D eigenvalue weighted by molar-refractivity contribution is -0.184. The molecule has 1 heterocycles. The van der Waals surface area contributed by atoms with Crippen LogP contribution in [-0.4, -0.2) is 48.0 Å². The van der Waals surface area contributed by atoms with Crippen LogP contribution in [0.1, 0.15) is 27.7 Å². The van der Waals surface area contributed by atoms with Crippen molar-refractivity contribution < 1.29 is 33.3 Å². The minimum absolute atomic E-state index is 0.245. The van der Waals surface area contributed by atoms with Crippen molar-refractivity contribution in [3.05, 3.63) is 42.0 Å². The second kappa shape index (κ2) is 7.73. The largest absolute Gasteiger partial charge is 0.455 e. The van der Waals surface area contributed by atoms with E-state index < -0.39 is 48.0 Å². The number of hydrogen-bond acceptors (Lipinski definition) is 7. The van der Waals surface area contributed by atoms with Crippen molar-refractivity contribution in [3.63, 3.8) is 0 Å². The Morgan fingerprint density at radius 3 is 2.25 bits per heavy atom. The highest BCUT2D eigenvalue weighted by molar-refractivity contribution is 6.05. The smallest absolute Gasteiger partial charge is 0.303 e. The van der Waals surface area contributed by atoms with Crippen LogP contribution in [0.5, 0.6) is 0 Å². The van der Waals surface area contributed by atoms with Gasteiger partial charge in [0.25, 0.3) is 5.91 Å². The molecule has 0 saturated carbocycles. The number of amides is 1. The Morgan fingerprint density at radius 2 is 1.64 bits per heavy atom. The van der Waals surface area contributed by atoms with Crippen molar-refractivity contribution in [3.8, 4) is 0 Å². The second-order valence-corrected chi connectivity index (χ2v) is 7.11. The zero-order valence-electron chi connectivity index (χ0n) is 16.1. The lowest BCUT2D eigenvalue weighted by Gasteiger charge is -2.35. The molecular formula is C20H23NO7. The molecule has 1 N–H and O–H groups in total. The van der Waals surface area contributed by atoms with Gasteiger partial charge < -0.3 is 24.3 Å². The van der Waals surface area contributed by atoms with Gasteiger partial charge in [0.2, 0.25) is 0 Å². The van der Waals surface area contributed by atoms with Crippen LogP contribution < -0.4 is 5.32 Å². The van der Waals surface area contributed by atoms with Gasteiger partial charge in [0.05, 0.1) is 0 Å². The van der Waals surface area contributed by atoms with E-state index in [1.807, 2.05) is 6.07 Å². The van der Waals surface area contributed by atoms with Gasteiger partial charge in [-0.25, -0.2) is 0 Å². The number of ether oxygens (including phenoxy) is 4. The maximum Gasteiger partial charge on any atom is 0.303 e. The van der Waals surface area contributed by atoms with Crippen LogP contribution in [0.25, 0.3) is 0 Å². The number of rotatable bonds is 4. The highest BCUT2D eigenvalue weighted by Crippen LogP contribution is 2.39. The summed E-state index contributed by atoms with van der Waals surface area (Å²) in [6.45, 7) is 5.89.